The van der Waals surface area contributed by atoms with Crippen LogP contribution in [0.25, 0.3) is 0 Å². The van der Waals surface area contributed by atoms with Gasteiger partial charge in [-0.15, -0.1) is 0 Å². The third-order valence-electron chi connectivity index (χ3n) is 2.32. The van der Waals surface area contributed by atoms with Gasteiger partial charge in [0.25, 0.3) is 0 Å². The van der Waals surface area contributed by atoms with Crippen LogP contribution >= 0.6 is 23.2 Å². The number of halogens is 3. The standard InChI is InChI=1S/C13H9Cl2FN2O/c14-8-4-3-7-11(12(8)15)18-13(19)17-10-6-2-1-5-9(10)16/h1-7H,(H2,17,18,19). The molecule has 0 saturated heterocycles. The molecule has 0 spiro atoms. The molecule has 2 N–H and O–H groups in total. The van der Waals surface area contributed by atoms with E-state index in [0.717, 1.165) is 0 Å². The molecule has 0 aliphatic rings. The van der Waals surface area contributed by atoms with Crippen LogP contribution in [0.3, 0.4) is 0 Å². The first kappa shape index (κ1) is 13.6. The molecule has 19 heavy (non-hydrogen) atoms. The highest BCUT2D eigenvalue weighted by Crippen LogP contribution is 2.29. The Labute approximate surface area is 119 Å². The zero-order valence-corrected chi connectivity index (χ0v) is 11.1. The van der Waals surface area contributed by atoms with Gasteiger partial charge < -0.3 is 10.6 Å². The molecule has 3 nitrogen and oxygen atoms in total. The number of anilines is 2. The molecule has 0 unspecified atom stereocenters. The molecule has 0 radical (unpaired) electrons. The van der Waals surface area contributed by atoms with Crippen molar-refractivity contribution in [3.63, 3.8) is 0 Å². The van der Waals surface area contributed by atoms with Gasteiger partial charge in [-0.2, -0.15) is 0 Å². The highest BCUT2D eigenvalue weighted by molar-refractivity contribution is 6.44. The molecular weight excluding hydrogens is 290 g/mol. The number of urea groups is 1. The zero-order chi connectivity index (χ0) is 13.8. The topological polar surface area (TPSA) is 41.1 Å². The smallest absolute Gasteiger partial charge is 0.306 e. The first-order valence-electron chi connectivity index (χ1n) is 5.34. The molecular formula is C13H9Cl2FN2O. The summed E-state index contributed by atoms with van der Waals surface area (Å²) >= 11 is 11.7. The van der Waals surface area contributed by atoms with Gasteiger partial charge in [0, 0.05) is 0 Å². The predicted molar refractivity (Wildman–Crippen MR) is 75.5 cm³/mol. The van der Waals surface area contributed by atoms with Gasteiger partial charge in [-0.1, -0.05) is 41.4 Å². The number of benzene rings is 2. The van der Waals surface area contributed by atoms with Gasteiger partial charge in [0.05, 0.1) is 21.4 Å². The molecule has 0 fully saturated rings. The van der Waals surface area contributed by atoms with Crippen molar-refractivity contribution in [2.45, 2.75) is 0 Å². The summed E-state index contributed by atoms with van der Waals surface area (Å²) in [6.07, 6.45) is 0. The number of carbonyl (C=O) groups is 1. The Hall–Kier alpha value is -1.78. The van der Waals surface area contributed by atoms with E-state index in [1.165, 1.54) is 18.2 Å². The summed E-state index contributed by atoms with van der Waals surface area (Å²) in [6.45, 7) is 0. The Morgan fingerprint density at radius 2 is 1.58 bits per heavy atom. The van der Waals surface area contributed by atoms with Crippen molar-refractivity contribution >= 4 is 40.6 Å². The quantitative estimate of drug-likeness (QED) is 0.823. The van der Waals surface area contributed by atoms with Gasteiger partial charge in [0.1, 0.15) is 5.82 Å². The molecule has 2 aromatic rings. The predicted octanol–water partition coefficient (Wildman–Crippen LogP) is 4.78. The SMILES string of the molecule is O=C(Nc1ccccc1F)Nc1cccc(Cl)c1Cl. The number of hydrogen-bond donors (Lipinski definition) is 2. The van der Waals surface area contributed by atoms with E-state index < -0.39 is 11.8 Å². The summed E-state index contributed by atoms with van der Waals surface area (Å²) in [4.78, 5) is 11.7. The molecule has 2 rings (SSSR count). The van der Waals surface area contributed by atoms with E-state index >= 15 is 0 Å². The number of nitrogens with one attached hydrogen (secondary N) is 2. The monoisotopic (exact) mass is 298 g/mol. The highest BCUT2D eigenvalue weighted by atomic mass is 35.5. The van der Waals surface area contributed by atoms with Crippen molar-refractivity contribution in [1.29, 1.82) is 0 Å². The molecule has 2 aromatic carbocycles. The largest absolute Gasteiger partial charge is 0.323 e. The van der Waals surface area contributed by atoms with Crippen molar-refractivity contribution in [1.82, 2.24) is 0 Å². The third kappa shape index (κ3) is 3.36. The maximum absolute atomic E-state index is 13.3. The lowest BCUT2D eigenvalue weighted by Gasteiger charge is -2.10. The van der Waals surface area contributed by atoms with Gasteiger partial charge in [-0.3, -0.25) is 0 Å². The van der Waals surface area contributed by atoms with Crippen LogP contribution in [-0.4, -0.2) is 6.03 Å². The van der Waals surface area contributed by atoms with Gasteiger partial charge in [-0.25, -0.2) is 9.18 Å². The lowest BCUT2D eigenvalue weighted by atomic mass is 10.3. The van der Waals surface area contributed by atoms with Crippen LogP contribution in [0.15, 0.2) is 42.5 Å². The Kier molecular flexibility index (Phi) is 4.24. The second-order valence-corrected chi connectivity index (χ2v) is 4.45. The fourth-order valence-electron chi connectivity index (χ4n) is 1.44. The van der Waals surface area contributed by atoms with E-state index in [0.29, 0.717) is 10.7 Å². The molecule has 0 aromatic heterocycles. The van der Waals surface area contributed by atoms with E-state index in [1.54, 1.807) is 24.3 Å². The fraction of sp³-hybridized carbons (Fsp3) is 0. The molecule has 0 atom stereocenters. The summed E-state index contributed by atoms with van der Waals surface area (Å²) < 4.78 is 13.3. The Balaban J connectivity index is 2.10. The van der Waals surface area contributed by atoms with Crippen LogP contribution in [0.2, 0.25) is 10.0 Å². The summed E-state index contributed by atoms with van der Waals surface area (Å²) in [5.41, 5.74) is 0.432. The molecule has 98 valence electrons. The van der Waals surface area contributed by atoms with Gasteiger partial charge in [-0.05, 0) is 24.3 Å². The lowest BCUT2D eigenvalue weighted by Crippen LogP contribution is -2.20. The molecule has 0 aliphatic heterocycles. The molecule has 0 aliphatic carbocycles. The van der Waals surface area contributed by atoms with Crippen molar-refractivity contribution in [2.75, 3.05) is 10.6 Å². The minimum atomic E-state index is -0.603. The van der Waals surface area contributed by atoms with E-state index in [1.807, 2.05) is 0 Å². The molecule has 0 saturated carbocycles. The first-order chi connectivity index (χ1) is 9.08. The van der Waals surface area contributed by atoms with Gasteiger partial charge >= 0.3 is 6.03 Å². The summed E-state index contributed by atoms with van der Waals surface area (Å²) in [7, 11) is 0. The number of rotatable bonds is 2. The van der Waals surface area contributed by atoms with Crippen molar-refractivity contribution in [3.8, 4) is 0 Å². The van der Waals surface area contributed by atoms with E-state index in [4.69, 9.17) is 23.2 Å². The summed E-state index contributed by atoms with van der Waals surface area (Å²) in [6, 6.07) is 10.1. The molecule has 6 heteroatoms. The molecule has 0 heterocycles. The number of amides is 2. The van der Waals surface area contributed by atoms with Crippen LogP contribution in [-0.2, 0) is 0 Å². The van der Waals surface area contributed by atoms with Crippen LogP contribution < -0.4 is 10.6 Å². The van der Waals surface area contributed by atoms with Crippen molar-refractivity contribution < 1.29 is 9.18 Å². The summed E-state index contributed by atoms with van der Waals surface area (Å²) in [5.74, 6) is -0.519. The van der Waals surface area contributed by atoms with E-state index in [9.17, 15) is 9.18 Å². The highest BCUT2D eigenvalue weighted by Gasteiger charge is 2.09. The number of hydrogen-bond acceptors (Lipinski definition) is 1. The van der Waals surface area contributed by atoms with Crippen LogP contribution in [0.4, 0.5) is 20.6 Å². The molecule has 2 amide bonds. The zero-order valence-electron chi connectivity index (χ0n) is 9.58. The van der Waals surface area contributed by atoms with Crippen LogP contribution in [0.1, 0.15) is 0 Å². The van der Waals surface area contributed by atoms with Crippen molar-refractivity contribution in [3.05, 3.63) is 58.3 Å². The first-order valence-corrected chi connectivity index (χ1v) is 6.10. The van der Waals surface area contributed by atoms with Gasteiger partial charge in [0.2, 0.25) is 0 Å². The van der Waals surface area contributed by atoms with Crippen LogP contribution in [0, 0.1) is 5.82 Å². The van der Waals surface area contributed by atoms with E-state index in [-0.39, 0.29) is 10.7 Å². The minimum Gasteiger partial charge on any atom is -0.306 e. The second kappa shape index (κ2) is 5.91. The maximum atomic E-state index is 13.3. The fourth-order valence-corrected chi connectivity index (χ4v) is 1.79. The van der Waals surface area contributed by atoms with Gasteiger partial charge in [0.15, 0.2) is 0 Å². The summed E-state index contributed by atoms with van der Waals surface area (Å²) in [5, 5.41) is 5.43. The minimum absolute atomic E-state index is 0.0816. The number of carbonyl (C=O) groups excluding carboxylic acids is 1. The van der Waals surface area contributed by atoms with E-state index in [2.05, 4.69) is 10.6 Å². The van der Waals surface area contributed by atoms with Crippen molar-refractivity contribution in [2.24, 2.45) is 0 Å². The maximum Gasteiger partial charge on any atom is 0.323 e. The number of para-hydroxylation sites is 1. The van der Waals surface area contributed by atoms with Crippen LogP contribution in [0.5, 0.6) is 0 Å². The Morgan fingerprint density at radius 1 is 0.947 bits per heavy atom. The third-order valence-corrected chi connectivity index (χ3v) is 3.14. The normalized spacial score (nSPS) is 10.1. The average molecular weight is 299 g/mol. The molecule has 0 bridgehead atoms. The Morgan fingerprint density at radius 3 is 2.32 bits per heavy atom. The second-order valence-electron chi connectivity index (χ2n) is 3.66. The Bertz CT molecular complexity index is 619. The average Bonchev–Trinajstić information content (AvgIpc) is 2.38. The lowest BCUT2D eigenvalue weighted by molar-refractivity contribution is 0.262.